The van der Waals surface area contributed by atoms with Crippen LogP contribution in [0.15, 0.2) is 48.5 Å². The van der Waals surface area contributed by atoms with Gasteiger partial charge in [-0.3, -0.25) is 14.9 Å². The number of amides is 1. The number of aryl methyl sites for hydroxylation is 1. The van der Waals surface area contributed by atoms with Gasteiger partial charge in [-0.2, -0.15) is 18.3 Å². The average Bonchev–Trinajstić information content (AvgIpc) is 3.05. The number of benzene rings is 2. The number of hydrogen-bond donors (Lipinski definition) is 0. The molecule has 0 spiro atoms. The van der Waals surface area contributed by atoms with Crippen LogP contribution in [-0.4, -0.2) is 45.3 Å². The molecule has 0 radical (unpaired) electrons. The summed E-state index contributed by atoms with van der Waals surface area (Å²) in [6, 6.07) is 12.3. The highest BCUT2D eigenvalue weighted by Gasteiger charge is 2.30. The van der Waals surface area contributed by atoms with E-state index in [1.165, 1.54) is 11.9 Å². The number of nitrogens with zero attached hydrogens (tertiary/aromatic N) is 4. The largest absolute Gasteiger partial charge is 0.484 e. The fourth-order valence-corrected chi connectivity index (χ4v) is 3.34. The second-order valence-corrected chi connectivity index (χ2v) is 7.40. The van der Waals surface area contributed by atoms with Gasteiger partial charge in [0.1, 0.15) is 11.3 Å². The fourth-order valence-electron chi connectivity index (χ4n) is 3.34. The Morgan fingerprint density at radius 2 is 1.85 bits per heavy atom. The zero-order valence-corrected chi connectivity index (χ0v) is 18.1. The lowest BCUT2D eigenvalue weighted by molar-refractivity contribution is -0.385. The normalized spacial score (nSPS) is 11.3. The number of rotatable bonds is 7. The summed E-state index contributed by atoms with van der Waals surface area (Å²) in [7, 11) is 1.45. The molecule has 8 nitrogen and oxygen atoms in total. The molecule has 0 N–H and O–H groups in total. The standard InChI is InChI=1S/C22H21F3N4O4/c1-14-19(15(2)28(26-14)16-7-5-4-6-8-16)12-27(3)21(30)18-11-17(33-13-22(23,24)25)9-10-20(18)29(31)32/h4-11H,12-13H2,1-3H3. The number of halogens is 3. The van der Waals surface area contributed by atoms with E-state index in [9.17, 15) is 28.1 Å². The highest BCUT2D eigenvalue weighted by molar-refractivity contribution is 5.98. The first-order valence-electron chi connectivity index (χ1n) is 9.82. The number of alkyl halides is 3. The van der Waals surface area contributed by atoms with E-state index in [0.717, 1.165) is 35.1 Å². The maximum atomic E-state index is 13.0. The van der Waals surface area contributed by atoms with Crippen molar-refractivity contribution < 1.29 is 27.6 Å². The SMILES string of the molecule is Cc1nn(-c2ccccc2)c(C)c1CN(C)C(=O)c1cc(OCC(F)(F)F)ccc1[N+](=O)[O-]. The van der Waals surface area contributed by atoms with Gasteiger partial charge in [0.2, 0.25) is 0 Å². The lowest BCUT2D eigenvalue weighted by Crippen LogP contribution is -2.27. The van der Waals surface area contributed by atoms with Crippen molar-refractivity contribution in [1.82, 2.24) is 14.7 Å². The number of para-hydroxylation sites is 1. The molecule has 0 saturated heterocycles. The minimum atomic E-state index is -4.59. The number of nitro groups is 1. The van der Waals surface area contributed by atoms with Crippen molar-refractivity contribution in [2.75, 3.05) is 13.7 Å². The zero-order chi connectivity index (χ0) is 24.3. The van der Waals surface area contributed by atoms with Crippen molar-refractivity contribution in [2.45, 2.75) is 26.6 Å². The molecule has 33 heavy (non-hydrogen) atoms. The van der Waals surface area contributed by atoms with Gasteiger partial charge in [-0.15, -0.1) is 0 Å². The molecule has 0 fully saturated rings. The Balaban J connectivity index is 1.88. The van der Waals surface area contributed by atoms with E-state index in [2.05, 4.69) is 9.84 Å². The second kappa shape index (κ2) is 9.31. The highest BCUT2D eigenvalue weighted by atomic mass is 19.4. The van der Waals surface area contributed by atoms with Crippen LogP contribution in [0.25, 0.3) is 5.69 Å². The minimum absolute atomic E-state index is 0.0914. The van der Waals surface area contributed by atoms with Gasteiger partial charge in [-0.1, -0.05) is 18.2 Å². The van der Waals surface area contributed by atoms with Crippen LogP contribution in [0, 0.1) is 24.0 Å². The summed E-state index contributed by atoms with van der Waals surface area (Å²) in [5.74, 6) is -1.02. The van der Waals surface area contributed by atoms with Crippen molar-refractivity contribution in [3.63, 3.8) is 0 Å². The Morgan fingerprint density at radius 3 is 2.45 bits per heavy atom. The van der Waals surface area contributed by atoms with Gasteiger partial charge in [0.25, 0.3) is 11.6 Å². The Bertz CT molecular complexity index is 1180. The Morgan fingerprint density at radius 1 is 1.18 bits per heavy atom. The molecule has 0 unspecified atom stereocenters. The van der Waals surface area contributed by atoms with E-state index in [1.807, 2.05) is 37.3 Å². The minimum Gasteiger partial charge on any atom is -0.484 e. The van der Waals surface area contributed by atoms with Gasteiger partial charge >= 0.3 is 6.18 Å². The summed E-state index contributed by atoms with van der Waals surface area (Å²) in [4.78, 5) is 24.9. The first-order chi connectivity index (χ1) is 15.5. The lowest BCUT2D eigenvalue weighted by atomic mass is 10.1. The van der Waals surface area contributed by atoms with Gasteiger partial charge in [0.15, 0.2) is 6.61 Å². The summed E-state index contributed by atoms with van der Waals surface area (Å²) in [6.45, 7) is 2.14. The maximum Gasteiger partial charge on any atom is 0.422 e. The van der Waals surface area contributed by atoms with Gasteiger partial charge in [0, 0.05) is 30.9 Å². The zero-order valence-electron chi connectivity index (χ0n) is 18.1. The number of nitro benzene ring substituents is 1. The smallest absolute Gasteiger partial charge is 0.422 e. The van der Waals surface area contributed by atoms with E-state index in [4.69, 9.17) is 0 Å². The summed E-state index contributed by atoms with van der Waals surface area (Å²) >= 11 is 0. The van der Waals surface area contributed by atoms with Crippen molar-refractivity contribution in [1.29, 1.82) is 0 Å². The number of carbonyl (C=O) groups is 1. The van der Waals surface area contributed by atoms with E-state index < -0.39 is 29.3 Å². The Kier molecular flexibility index (Phi) is 6.70. The van der Waals surface area contributed by atoms with Crippen LogP contribution < -0.4 is 4.74 Å². The van der Waals surface area contributed by atoms with E-state index in [-0.39, 0.29) is 17.9 Å². The molecule has 0 aliphatic carbocycles. The van der Waals surface area contributed by atoms with E-state index >= 15 is 0 Å². The summed E-state index contributed by atoms with van der Waals surface area (Å²) < 4.78 is 43.8. The molecule has 0 bridgehead atoms. The van der Waals surface area contributed by atoms with Gasteiger partial charge < -0.3 is 9.64 Å². The fraction of sp³-hybridized carbons (Fsp3) is 0.273. The third-order valence-corrected chi connectivity index (χ3v) is 4.98. The number of hydrogen-bond acceptors (Lipinski definition) is 5. The topological polar surface area (TPSA) is 90.5 Å². The van der Waals surface area contributed by atoms with Crippen molar-refractivity contribution in [2.24, 2.45) is 0 Å². The van der Waals surface area contributed by atoms with Crippen LogP contribution in [0.3, 0.4) is 0 Å². The molecule has 2 aromatic carbocycles. The monoisotopic (exact) mass is 462 g/mol. The van der Waals surface area contributed by atoms with Crippen molar-refractivity contribution in [3.8, 4) is 11.4 Å². The van der Waals surface area contributed by atoms with E-state index in [1.54, 1.807) is 11.6 Å². The maximum absolute atomic E-state index is 13.0. The number of ether oxygens (including phenoxy) is 1. The van der Waals surface area contributed by atoms with Crippen LogP contribution >= 0.6 is 0 Å². The molecule has 1 amide bonds. The molecule has 174 valence electrons. The first-order valence-corrected chi connectivity index (χ1v) is 9.82. The van der Waals surface area contributed by atoms with Gasteiger partial charge in [-0.25, -0.2) is 4.68 Å². The quantitative estimate of drug-likeness (QED) is 0.378. The predicted molar refractivity (Wildman–Crippen MR) is 113 cm³/mol. The molecule has 0 aliphatic heterocycles. The Labute approximate surface area is 187 Å². The molecule has 0 saturated carbocycles. The highest BCUT2D eigenvalue weighted by Crippen LogP contribution is 2.28. The number of carbonyl (C=O) groups excluding carboxylic acids is 1. The van der Waals surface area contributed by atoms with Crippen molar-refractivity contribution >= 4 is 11.6 Å². The summed E-state index contributed by atoms with van der Waals surface area (Å²) in [5.41, 5.74) is 2.15. The molecule has 0 aliphatic rings. The lowest BCUT2D eigenvalue weighted by Gasteiger charge is -2.18. The average molecular weight is 462 g/mol. The van der Waals surface area contributed by atoms with Crippen LogP contribution in [0.4, 0.5) is 18.9 Å². The van der Waals surface area contributed by atoms with Crippen LogP contribution in [-0.2, 0) is 6.54 Å². The van der Waals surface area contributed by atoms with Crippen LogP contribution in [0.1, 0.15) is 27.3 Å². The molecule has 0 atom stereocenters. The molecule has 1 heterocycles. The third kappa shape index (κ3) is 5.48. The van der Waals surface area contributed by atoms with Crippen LogP contribution in [0.2, 0.25) is 0 Å². The predicted octanol–water partition coefficient (Wildman–Crippen LogP) is 4.61. The molecule has 11 heteroatoms. The molecule has 3 rings (SSSR count). The van der Waals surface area contributed by atoms with E-state index in [0.29, 0.717) is 5.69 Å². The van der Waals surface area contributed by atoms with Crippen LogP contribution in [0.5, 0.6) is 5.75 Å². The third-order valence-electron chi connectivity index (χ3n) is 4.98. The Hall–Kier alpha value is -3.89. The van der Waals surface area contributed by atoms with Crippen molar-refractivity contribution in [3.05, 3.63) is 81.2 Å². The summed E-state index contributed by atoms with van der Waals surface area (Å²) in [6.07, 6.45) is -4.59. The van der Waals surface area contributed by atoms with Gasteiger partial charge in [-0.05, 0) is 38.1 Å². The number of aromatic nitrogens is 2. The molecular weight excluding hydrogens is 441 g/mol. The second-order valence-electron chi connectivity index (χ2n) is 7.40. The van der Waals surface area contributed by atoms with Gasteiger partial charge in [0.05, 0.1) is 16.3 Å². The molecular formula is C22H21F3N4O4. The molecule has 1 aromatic heterocycles. The summed E-state index contributed by atoms with van der Waals surface area (Å²) in [5, 5.41) is 15.9. The molecule has 3 aromatic rings. The first kappa shape index (κ1) is 23.8.